The number of rotatable bonds is 6. The summed E-state index contributed by atoms with van der Waals surface area (Å²) in [5.74, 6) is -0.620. The topological polar surface area (TPSA) is 151 Å². The lowest BCUT2D eigenvalue weighted by atomic mass is 9.69. The van der Waals surface area contributed by atoms with Gasteiger partial charge >= 0.3 is 0 Å². The number of nitriles is 1. The summed E-state index contributed by atoms with van der Waals surface area (Å²) >= 11 is 10.0. The van der Waals surface area contributed by atoms with Crippen LogP contribution in [0.3, 0.4) is 0 Å². The minimum atomic E-state index is -0.627. The van der Waals surface area contributed by atoms with Crippen LogP contribution >= 0.6 is 46.0 Å². The molecule has 1 aliphatic carbocycles. The van der Waals surface area contributed by atoms with Gasteiger partial charge in [-0.15, -0.1) is 20.4 Å². The third kappa shape index (κ3) is 5.56. The summed E-state index contributed by atoms with van der Waals surface area (Å²) in [5, 5.41) is 31.4. The van der Waals surface area contributed by atoms with Gasteiger partial charge in [-0.05, 0) is 36.5 Å². The zero-order valence-electron chi connectivity index (χ0n) is 21.2. The van der Waals surface area contributed by atoms with Crippen LogP contribution in [0.2, 0.25) is 5.02 Å². The average molecular weight is 599 g/mol. The highest BCUT2D eigenvalue weighted by atomic mass is 35.5. The van der Waals surface area contributed by atoms with Crippen molar-refractivity contribution in [2.24, 2.45) is 11.1 Å². The number of thioether (sulfide) groups is 1. The number of halogens is 1. The Bertz CT molecular complexity index is 1590. The molecule has 0 fully saturated rings. The zero-order chi connectivity index (χ0) is 27.9. The third-order valence-corrected chi connectivity index (χ3v) is 9.28. The van der Waals surface area contributed by atoms with E-state index in [1.807, 2.05) is 26.8 Å². The number of carbonyl (C=O) groups excluding carboxylic acids is 2. The van der Waals surface area contributed by atoms with Crippen LogP contribution < -0.4 is 16.0 Å². The maximum Gasteiger partial charge on any atom is 0.236 e. The van der Waals surface area contributed by atoms with Crippen LogP contribution in [0.15, 0.2) is 51.3 Å². The summed E-state index contributed by atoms with van der Waals surface area (Å²) in [4.78, 5) is 27.7. The maximum absolute atomic E-state index is 13.6. The number of amides is 1. The molecule has 2 aromatic heterocycles. The van der Waals surface area contributed by atoms with Gasteiger partial charge in [0.15, 0.2) is 10.1 Å². The van der Waals surface area contributed by atoms with Crippen LogP contribution in [-0.2, 0) is 9.59 Å². The summed E-state index contributed by atoms with van der Waals surface area (Å²) in [6, 6.07) is 9.39. The first kappa shape index (κ1) is 27.3. The molecule has 0 saturated carbocycles. The molecule has 1 aromatic carbocycles. The number of nitrogens with zero attached hydrogens (tertiary/aromatic N) is 6. The highest BCUT2D eigenvalue weighted by molar-refractivity contribution is 8.01. The van der Waals surface area contributed by atoms with Gasteiger partial charge in [-0.2, -0.15) is 5.26 Å². The fourth-order valence-corrected chi connectivity index (χ4v) is 7.22. The first-order valence-corrected chi connectivity index (χ1v) is 14.8. The minimum Gasteiger partial charge on any atom is -0.384 e. The van der Waals surface area contributed by atoms with E-state index in [4.69, 9.17) is 17.3 Å². The van der Waals surface area contributed by atoms with Crippen LogP contribution in [0.1, 0.15) is 43.2 Å². The number of nitrogens with one attached hydrogen (secondary N) is 1. The summed E-state index contributed by atoms with van der Waals surface area (Å²) in [5.41, 5.74) is 8.54. The number of nitrogens with two attached hydrogens (primary N) is 1. The van der Waals surface area contributed by atoms with E-state index in [0.29, 0.717) is 43.7 Å². The molecule has 5 rings (SSSR count). The highest BCUT2D eigenvalue weighted by Gasteiger charge is 2.45. The molecule has 10 nitrogen and oxygen atoms in total. The number of aromatic nitrogens is 4. The van der Waals surface area contributed by atoms with Crippen molar-refractivity contribution in [2.75, 3.05) is 16.0 Å². The maximum atomic E-state index is 13.6. The molecular formula is C25H23ClN8O2S3. The van der Waals surface area contributed by atoms with E-state index >= 15 is 0 Å². The molecule has 39 heavy (non-hydrogen) atoms. The van der Waals surface area contributed by atoms with E-state index in [9.17, 15) is 14.9 Å². The van der Waals surface area contributed by atoms with E-state index in [1.54, 1.807) is 23.1 Å². The lowest BCUT2D eigenvalue weighted by Gasteiger charge is -2.42. The normalized spacial score (nSPS) is 18.7. The Hall–Kier alpha value is -3.31. The number of benzene rings is 1. The number of anilines is 2. The van der Waals surface area contributed by atoms with E-state index < -0.39 is 5.92 Å². The summed E-state index contributed by atoms with van der Waals surface area (Å²) in [6.07, 6.45) is 0.895. The van der Waals surface area contributed by atoms with Crippen LogP contribution in [0, 0.1) is 23.7 Å². The first-order valence-electron chi connectivity index (χ1n) is 11.8. The van der Waals surface area contributed by atoms with Gasteiger partial charge in [0.2, 0.25) is 16.2 Å². The van der Waals surface area contributed by atoms with Crippen molar-refractivity contribution in [3.8, 4) is 6.07 Å². The van der Waals surface area contributed by atoms with Crippen LogP contribution in [0.25, 0.3) is 0 Å². The van der Waals surface area contributed by atoms with Gasteiger partial charge in [0, 0.05) is 22.7 Å². The van der Waals surface area contributed by atoms with Crippen molar-refractivity contribution in [3.05, 3.63) is 62.5 Å². The standard InChI is InChI=1S/C25H23ClN8O2S3/c1-12-30-31-22(38-12)29-18(36)11-37-24-33-32-23(39-24)34-16-8-25(2,3)9-17(35)20(16)19(15(10-27)21(34)28)13-5-4-6-14(26)7-13/h4-7,19H,8-9,11,28H2,1-3H3,(H,29,31,36). The first-order chi connectivity index (χ1) is 18.6. The predicted octanol–water partition coefficient (Wildman–Crippen LogP) is 5.02. The Morgan fingerprint density at radius 1 is 1.28 bits per heavy atom. The van der Waals surface area contributed by atoms with Crippen molar-refractivity contribution >= 4 is 68.0 Å². The molecular weight excluding hydrogens is 576 g/mol. The fourth-order valence-electron chi connectivity index (χ4n) is 4.73. The molecule has 3 N–H and O–H groups in total. The fraction of sp³-hybridized carbons (Fsp3) is 0.320. The lowest BCUT2D eigenvalue weighted by molar-refractivity contribution is -0.118. The quantitative estimate of drug-likeness (QED) is 0.370. The molecule has 3 aromatic rings. The van der Waals surface area contributed by atoms with Crippen molar-refractivity contribution in [1.82, 2.24) is 20.4 Å². The Morgan fingerprint density at radius 3 is 2.77 bits per heavy atom. The van der Waals surface area contributed by atoms with Gasteiger partial charge in [0.05, 0.1) is 23.3 Å². The summed E-state index contributed by atoms with van der Waals surface area (Å²) in [6.45, 7) is 5.86. The van der Waals surface area contributed by atoms with Crippen molar-refractivity contribution in [3.63, 3.8) is 0 Å². The van der Waals surface area contributed by atoms with E-state index in [0.717, 1.165) is 10.6 Å². The third-order valence-electron chi connectivity index (χ3n) is 6.25. The Kier molecular flexibility index (Phi) is 7.47. The summed E-state index contributed by atoms with van der Waals surface area (Å²) < 4.78 is 0.542. The van der Waals surface area contributed by atoms with Crippen LogP contribution in [-0.4, -0.2) is 37.8 Å². The molecule has 1 amide bonds. The molecule has 3 heterocycles. The van der Waals surface area contributed by atoms with Gasteiger partial charge in [0.1, 0.15) is 10.8 Å². The number of hydrogen-bond acceptors (Lipinski definition) is 12. The molecule has 0 bridgehead atoms. The SMILES string of the molecule is Cc1nnc(NC(=O)CSc2nnc(N3C(N)=C(C#N)C(c4cccc(Cl)c4)C4=C3CC(C)(C)CC4=O)s2)s1. The van der Waals surface area contributed by atoms with Crippen molar-refractivity contribution in [1.29, 1.82) is 5.26 Å². The van der Waals surface area contributed by atoms with E-state index in [-0.39, 0.29) is 34.3 Å². The van der Waals surface area contributed by atoms with Gasteiger partial charge in [0.25, 0.3) is 0 Å². The Labute approximate surface area is 242 Å². The number of hydrogen-bond donors (Lipinski definition) is 2. The van der Waals surface area contributed by atoms with Crippen LogP contribution in [0.5, 0.6) is 0 Å². The molecule has 1 unspecified atom stereocenters. The second-order valence-electron chi connectivity index (χ2n) is 9.85. The van der Waals surface area contributed by atoms with Gasteiger partial charge in [-0.3, -0.25) is 19.8 Å². The van der Waals surface area contributed by atoms with E-state index in [2.05, 4.69) is 31.8 Å². The van der Waals surface area contributed by atoms with Crippen molar-refractivity contribution < 1.29 is 9.59 Å². The number of ketones is 1. The Morgan fingerprint density at radius 2 is 2.08 bits per heavy atom. The monoisotopic (exact) mass is 598 g/mol. The number of Topliss-reactive ketones (excluding diaryl/α,β-unsaturated/α-hetero) is 1. The molecule has 0 saturated heterocycles. The zero-order valence-corrected chi connectivity index (χ0v) is 24.4. The predicted molar refractivity (Wildman–Crippen MR) is 152 cm³/mol. The minimum absolute atomic E-state index is 0.0424. The molecule has 200 valence electrons. The smallest absolute Gasteiger partial charge is 0.236 e. The molecule has 0 radical (unpaired) electrons. The molecule has 1 aliphatic heterocycles. The second kappa shape index (κ2) is 10.7. The van der Waals surface area contributed by atoms with Gasteiger partial charge in [-0.1, -0.05) is 72.0 Å². The second-order valence-corrected chi connectivity index (χ2v) is 13.6. The van der Waals surface area contributed by atoms with Crippen molar-refractivity contribution in [2.45, 2.75) is 43.9 Å². The molecule has 1 atom stereocenters. The highest BCUT2D eigenvalue weighted by Crippen LogP contribution is 2.50. The van der Waals surface area contributed by atoms with Gasteiger partial charge in [-0.25, -0.2) is 0 Å². The number of aryl methyl sites for hydroxylation is 1. The largest absolute Gasteiger partial charge is 0.384 e. The van der Waals surface area contributed by atoms with E-state index in [1.165, 1.54) is 34.4 Å². The van der Waals surface area contributed by atoms with Gasteiger partial charge < -0.3 is 5.73 Å². The molecule has 2 aliphatic rings. The summed E-state index contributed by atoms with van der Waals surface area (Å²) in [7, 11) is 0. The molecule has 0 spiro atoms. The lowest BCUT2D eigenvalue weighted by Crippen LogP contribution is -2.42. The number of carbonyl (C=O) groups is 2. The number of allylic oxidation sites excluding steroid dienone is 3. The molecule has 14 heteroatoms. The average Bonchev–Trinajstić information content (AvgIpc) is 3.50. The van der Waals surface area contributed by atoms with Crippen LogP contribution in [0.4, 0.5) is 10.3 Å². The Balaban J connectivity index is 1.48.